The van der Waals surface area contributed by atoms with Crippen LogP contribution in [0.4, 0.5) is 0 Å². The molecule has 1 aromatic rings. The third kappa shape index (κ3) is 3.22. The number of carbonyl (C=O) groups excluding carboxylic acids is 2. The first kappa shape index (κ1) is 15.9. The van der Waals surface area contributed by atoms with Crippen molar-refractivity contribution in [2.24, 2.45) is 11.3 Å². The Balaban J connectivity index is 1.51. The van der Waals surface area contributed by atoms with Crippen LogP contribution in [0.5, 0.6) is 0 Å². The molecule has 1 atom stereocenters. The van der Waals surface area contributed by atoms with E-state index >= 15 is 0 Å². The van der Waals surface area contributed by atoms with Crippen molar-refractivity contribution in [2.45, 2.75) is 25.8 Å². The van der Waals surface area contributed by atoms with Crippen LogP contribution in [-0.4, -0.2) is 49.1 Å². The summed E-state index contributed by atoms with van der Waals surface area (Å²) in [5, 5.41) is 0. The third-order valence-corrected chi connectivity index (χ3v) is 5.16. The van der Waals surface area contributed by atoms with Gasteiger partial charge in [-0.1, -0.05) is 0 Å². The SMILES string of the molecule is COC(=O)c1ccc(CN2CCC3(CC2)C[C@@H]3C(=O)OC)nc1. The number of likely N-dealkylation sites (tertiary alicyclic amines) is 1. The summed E-state index contributed by atoms with van der Waals surface area (Å²) in [7, 11) is 2.83. The molecule has 124 valence electrons. The maximum absolute atomic E-state index is 11.6. The van der Waals surface area contributed by atoms with Crippen LogP contribution in [0.15, 0.2) is 18.3 Å². The summed E-state index contributed by atoms with van der Waals surface area (Å²) in [5.74, 6) is -0.322. The number of rotatable bonds is 4. The Kier molecular flexibility index (Phi) is 4.35. The first-order valence-electron chi connectivity index (χ1n) is 7.91. The molecule has 0 unspecified atom stereocenters. The van der Waals surface area contributed by atoms with Crippen LogP contribution < -0.4 is 0 Å². The van der Waals surface area contributed by atoms with Gasteiger partial charge in [0.2, 0.25) is 0 Å². The van der Waals surface area contributed by atoms with Crippen molar-refractivity contribution in [3.05, 3.63) is 29.6 Å². The van der Waals surface area contributed by atoms with Crippen molar-refractivity contribution in [1.29, 1.82) is 0 Å². The van der Waals surface area contributed by atoms with Crippen LogP contribution in [0.3, 0.4) is 0 Å². The lowest BCUT2D eigenvalue weighted by molar-refractivity contribution is -0.143. The van der Waals surface area contributed by atoms with Crippen LogP contribution in [0.2, 0.25) is 0 Å². The Morgan fingerprint density at radius 3 is 2.57 bits per heavy atom. The van der Waals surface area contributed by atoms with Crippen LogP contribution in [0.1, 0.15) is 35.3 Å². The zero-order valence-corrected chi connectivity index (χ0v) is 13.6. The average molecular weight is 318 g/mol. The number of hydrogen-bond acceptors (Lipinski definition) is 6. The number of pyridine rings is 1. The second-order valence-electron chi connectivity index (χ2n) is 6.45. The van der Waals surface area contributed by atoms with Crippen molar-refractivity contribution >= 4 is 11.9 Å². The topological polar surface area (TPSA) is 68.7 Å². The van der Waals surface area contributed by atoms with E-state index in [1.165, 1.54) is 14.2 Å². The average Bonchev–Trinajstić information content (AvgIpc) is 3.30. The fourth-order valence-corrected chi connectivity index (χ4v) is 3.52. The van der Waals surface area contributed by atoms with Gasteiger partial charge in [0.15, 0.2) is 0 Å². The van der Waals surface area contributed by atoms with Crippen molar-refractivity contribution in [1.82, 2.24) is 9.88 Å². The summed E-state index contributed by atoms with van der Waals surface area (Å²) in [6.07, 6.45) is 4.60. The van der Waals surface area contributed by atoms with Gasteiger partial charge < -0.3 is 9.47 Å². The molecule has 1 spiro atoms. The van der Waals surface area contributed by atoms with Crippen LogP contribution >= 0.6 is 0 Å². The number of piperidine rings is 1. The number of methoxy groups -OCH3 is 2. The van der Waals surface area contributed by atoms with Crippen molar-refractivity contribution in [2.75, 3.05) is 27.3 Å². The highest BCUT2D eigenvalue weighted by Crippen LogP contribution is 2.59. The number of ether oxygens (including phenoxy) is 2. The van der Waals surface area contributed by atoms with Crippen LogP contribution in [0, 0.1) is 11.3 Å². The largest absolute Gasteiger partial charge is 0.469 e. The predicted molar refractivity (Wildman–Crippen MR) is 82.6 cm³/mol. The molecule has 0 aromatic carbocycles. The fraction of sp³-hybridized carbons (Fsp3) is 0.588. The third-order valence-electron chi connectivity index (χ3n) is 5.16. The monoisotopic (exact) mass is 318 g/mol. The van der Waals surface area contributed by atoms with Crippen LogP contribution in [-0.2, 0) is 20.8 Å². The molecule has 1 aliphatic carbocycles. The summed E-state index contributed by atoms with van der Waals surface area (Å²) in [6.45, 7) is 2.70. The van der Waals surface area contributed by atoms with E-state index in [2.05, 4.69) is 14.6 Å². The zero-order chi connectivity index (χ0) is 16.4. The van der Waals surface area contributed by atoms with Gasteiger partial charge in [-0.25, -0.2) is 4.79 Å². The van der Waals surface area contributed by atoms with E-state index in [0.717, 1.165) is 44.6 Å². The molecule has 0 bridgehead atoms. The Morgan fingerprint density at radius 2 is 2.00 bits per heavy atom. The van der Waals surface area contributed by atoms with E-state index in [1.807, 2.05) is 6.07 Å². The minimum absolute atomic E-state index is 0.0569. The predicted octanol–water partition coefficient (Wildman–Crippen LogP) is 1.64. The molecule has 1 aliphatic heterocycles. The molecule has 23 heavy (non-hydrogen) atoms. The van der Waals surface area contributed by atoms with E-state index in [-0.39, 0.29) is 23.3 Å². The lowest BCUT2D eigenvalue weighted by atomic mass is 9.90. The molecular weight excluding hydrogens is 296 g/mol. The molecule has 1 saturated heterocycles. The minimum atomic E-state index is -0.369. The lowest BCUT2D eigenvalue weighted by Crippen LogP contribution is -2.35. The molecule has 6 nitrogen and oxygen atoms in total. The van der Waals surface area contributed by atoms with Gasteiger partial charge in [-0.2, -0.15) is 0 Å². The molecule has 1 saturated carbocycles. The molecule has 0 N–H and O–H groups in total. The first-order valence-corrected chi connectivity index (χ1v) is 7.91. The number of carbonyl (C=O) groups is 2. The molecule has 2 fully saturated rings. The standard InChI is InChI=1S/C17H22N2O4/c1-22-15(20)12-3-4-13(18-10-12)11-19-7-5-17(6-8-19)9-14(17)16(21)23-2/h3-4,10,14H,5-9,11H2,1-2H3/t14-/m1/s1. The normalized spacial score (nSPS) is 22.6. The van der Waals surface area contributed by atoms with Gasteiger partial charge in [-0.15, -0.1) is 0 Å². The summed E-state index contributed by atoms with van der Waals surface area (Å²) in [4.78, 5) is 29.7. The van der Waals surface area contributed by atoms with Gasteiger partial charge in [0, 0.05) is 12.7 Å². The molecule has 0 radical (unpaired) electrons. The number of hydrogen-bond donors (Lipinski definition) is 0. The second-order valence-corrected chi connectivity index (χ2v) is 6.45. The highest BCUT2D eigenvalue weighted by atomic mass is 16.5. The van der Waals surface area contributed by atoms with Crippen molar-refractivity contribution in [3.8, 4) is 0 Å². The Bertz CT molecular complexity index is 591. The maximum atomic E-state index is 11.6. The van der Waals surface area contributed by atoms with E-state index in [1.54, 1.807) is 12.3 Å². The molecule has 3 rings (SSSR count). The molecule has 2 heterocycles. The molecule has 6 heteroatoms. The number of esters is 2. The molecular formula is C17H22N2O4. The lowest BCUT2D eigenvalue weighted by Gasteiger charge is -2.32. The maximum Gasteiger partial charge on any atom is 0.339 e. The molecule has 2 aliphatic rings. The van der Waals surface area contributed by atoms with Crippen molar-refractivity contribution < 1.29 is 19.1 Å². The van der Waals surface area contributed by atoms with E-state index in [4.69, 9.17) is 4.74 Å². The Labute approximate surface area is 135 Å². The fourth-order valence-electron chi connectivity index (χ4n) is 3.52. The number of nitrogens with zero attached hydrogens (tertiary/aromatic N) is 2. The number of aromatic nitrogens is 1. The highest BCUT2D eigenvalue weighted by Gasteiger charge is 2.59. The smallest absolute Gasteiger partial charge is 0.339 e. The van der Waals surface area contributed by atoms with E-state index in [9.17, 15) is 9.59 Å². The zero-order valence-electron chi connectivity index (χ0n) is 13.6. The molecule has 1 aromatic heterocycles. The minimum Gasteiger partial charge on any atom is -0.469 e. The highest BCUT2D eigenvalue weighted by molar-refractivity contribution is 5.88. The van der Waals surface area contributed by atoms with Gasteiger partial charge in [-0.05, 0) is 49.9 Å². The second kappa shape index (κ2) is 6.28. The Morgan fingerprint density at radius 1 is 1.26 bits per heavy atom. The summed E-state index contributed by atoms with van der Waals surface area (Å²) in [5.41, 5.74) is 1.59. The van der Waals surface area contributed by atoms with E-state index in [0.29, 0.717) is 5.56 Å². The van der Waals surface area contributed by atoms with Gasteiger partial charge in [0.05, 0.1) is 31.4 Å². The van der Waals surface area contributed by atoms with Crippen molar-refractivity contribution in [3.63, 3.8) is 0 Å². The van der Waals surface area contributed by atoms with Gasteiger partial charge in [0.1, 0.15) is 0 Å². The van der Waals surface area contributed by atoms with Gasteiger partial charge in [0.25, 0.3) is 0 Å². The van der Waals surface area contributed by atoms with Gasteiger partial charge in [-0.3, -0.25) is 14.7 Å². The molecule has 0 amide bonds. The van der Waals surface area contributed by atoms with Crippen LogP contribution in [0.25, 0.3) is 0 Å². The first-order chi connectivity index (χ1) is 11.1. The summed E-state index contributed by atoms with van der Waals surface area (Å²) < 4.78 is 9.53. The quantitative estimate of drug-likeness (QED) is 0.786. The summed E-state index contributed by atoms with van der Waals surface area (Å²) >= 11 is 0. The Hall–Kier alpha value is -1.95. The van der Waals surface area contributed by atoms with Gasteiger partial charge >= 0.3 is 11.9 Å². The summed E-state index contributed by atoms with van der Waals surface area (Å²) in [6, 6.07) is 3.61. The van der Waals surface area contributed by atoms with E-state index < -0.39 is 0 Å².